The lowest BCUT2D eigenvalue weighted by atomic mass is 10.1. The van der Waals surface area contributed by atoms with Crippen LogP contribution in [0.5, 0.6) is 5.75 Å². The smallest absolute Gasteiger partial charge is 0.134 e. The fraction of sp³-hybridized carbons (Fsp3) is 0.333. The molecule has 0 aliphatic heterocycles. The molecular formula is C9H12F2N2O. The van der Waals surface area contributed by atoms with Crippen LogP contribution >= 0.6 is 0 Å². The summed E-state index contributed by atoms with van der Waals surface area (Å²) in [5.74, 6) is -1.35. The highest BCUT2D eigenvalue weighted by atomic mass is 19.1. The summed E-state index contributed by atoms with van der Waals surface area (Å²) in [4.78, 5) is 0. The fourth-order valence-electron chi connectivity index (χ4n) is 1.15. The lowest BCUT2D eigenvalue weighted by molar-refractivity contribution is 0.403. The lowest BCUT2D eigenvalue weighted by Crippen LogP contribution is -2.23. The van der Waals surface area contributed by atoms with Gasteiger partial charge in [-0.3, -0.25) is 0 Å². The van der Waals surface area contributed by atoms with Gasteiger partial charge in [0.05, 0.1) is 7.11 Å². The van der Waals surface area contributed by atoms with E-state index in [9.17, 15) is 8.78 Å². The van der Waals surface area contributed by atoms with Crippen LogP contribution in [-0.4, -0.2) is 13.7 Å². The van der Waals surface area contributed by atoms with Crippen molar-refractivity contribution in [3.05, 3.63) is 29.3 Å². The Kier molecular flexibility index (Phi) is 3.38. The molecule has 14 heavy (non-hydrogen) atoms. The van der Waals surface area contributed by atoms with Gasteiger partial charge in [-0.2, -0.15) is 0 Å². The maximum atomic E-state index is 13.3. The molecule has 0 saturated heterocycles. The predicted octanol–water partition coefficient (Wildman–Crippen LogP) is 0.932. The van der Waals surface area contributed by atoms with E-state index in [4.69, 9.17) is 16.2 Å². The topological polar surface area (TPSA) is 61.3 Å². The van der Waals surface area contributed by atoms with Crippen molar-refractivity contribution in [3.63, 3.8) is 0 Å². The molecule has 0 bridgehead atoms. The number of benzene rings is 1. The van der Waals surface area contributed by atoms with Crippen molar-refractivity contribution in [3.8, 4) is 5.75 Å². The first-order valence-corrected chi connectivity index (χ1v) is 4.08. The van der Waals surface area contributed by atoms with E-state index < -0.39 is 17.7 Å². The molecule has 1 atom stereocenters. The Morgan fingerprint density at radius 2 is 1.86 bits per heavy atom. The van der Waals surface area contributed by atoms with Gasteiger partial charge in [-0.25, -0.2) is 8.78 Å². The largest absolute Gasteiger partial charge is 0.497 e. The Bertz CT molecular complexity index is 308. The minimum atomic E-state index is -0.832. The molecule has 5 heteroatoms. The van der Waals surface area contributed by atoms with E-state index in [2.05, 4.69) is 0 Å². The molecule has 4 N–H and O–H groups in total. The molecule has 1 aromatic carbocycles. The predicted molar refractivity (Wildman–Crippen MR) is 48.9 cm³/mol. The first-order valence-electron chi connectivity index (χ1n) is 4.08. The van der Waals surface area contributed by atoms with Gasteiger partial charge >= 0.3 is 0 Å². The number of methoxy groups -OCH3 is 1. The SMILES string of the molecule is COc1cc(F)c(C(N)CN)c(F)c1. The van der Waals surface area contributed by atoms with E-state index in [0.29, 0.717) is 0 Å². The van der Waals surface area contributed by atoms with E-state index in [1.54, 1.807) is 0 Å². The minimum absolute atomic E-state index is 0.0137. The van der Waals surface area contributed by atoms with Crippen molar-refractivity contribution in [1.82, 2.24) is 0 Å². The lowest BCUT2D eigenvalue weighted by Gasteiger charge is -2.12. The Morgan fingerprint density at radius 1 is 1.36 bits per heavy atom. The van der Waals surface area contributed by atoms with E-state index in [0.717, 1.165) is 12.1 Å². The van der Waals surface area contributed by atoms with E-state index >= 15 is 0 Å². The molecule has 78 valence electrons. The van der Waals surface area contributed by atoms with Crippen LogP contribution in [0.2, 0.25) is 0 Å². The zero-order chi connectivity index (χ0) is 10.7. The summed E-state index contributed by atoms with van der Waals surface area (Å²) in [5.41, 5.74) is 10.5. The molecule has 0 aliphatic carbocycles. The molecule has 0 aliphatic rings. The second-order valence-electron chi connectivity index (χ2n) is 2.85. The zero-order valence-corrected chi connectivity index (χ0v) is 7.76. The van der Waals surface area contributed by atoms with Crippen LogP contribution in [-0.2, 0) is 0 Å². The molecule has 0 heterocycles. The van der Waals surface area contributed by atoms with Crippen LogP contribution in [0.15, 0.2) is 12.1 Å². The normalized spacial score (nSPS) is 12.6. The number of hydrogen-bond donors (Lipinski definition) is 2. The molecule has 0 radical (unpaired) electrons. The zero-order valence-electron chi connectivity index (χ0n) is 7.76. The summed E-state index contributed by atoms with van der Waals surface area (Å²) >= 11 is 0. The summed E-state index contributed by atoms with van der Waals surface area (Å²) in [6, 6.07) is 1.32. The monoisotopic (exact) mass is 202 g/mol. The van der Waals surface area contributed by atoms with Crippen LogP contribution in [0.4, 0.5) is 8.78 Å². The minimum Gasteiger partial charge on any atom is -0.497 e. The van der Waals surface area contributed by atoms with Crippen LogP contribution in [0.25, 0.3) is 0 Å². The summed E-state index contributed by atoms with van der Waals surface area (Å²) in [6.07, 6.45) is 0. The van der Waals surface area contributed by atoms with Crippen LogP contribution < -0.4 is 16.2 Å². The van der Waals surface area contributed by atoms with Crippen molar-refractivity contribution in [1.29, 1.82) is 0 Å². The van der Waals surface area contributed by atoms with Crippen molar-refractivity contribution in [2.75, 3.05) is 13.7 Å². The molecule has 1 rings (SSSR count). The standard InChI is InChI=1S/C9H12F2N2O/c1-14-5-2-6(10)9(7(11)3-5)8(13)4-12/h2-3,8H,4,12-13H2,1H3. The second-order valence-corrected chi connectivity index (χ2v) is 2.85. The first kappa shape index (κ1) is 10.9. The van der Waals surface area contributed by atoms with Gasteiger partial charge in [0, 0.05) is 30.3 Å². The van der Waals surface area contributed by atoms with Gasteiger partial charge < -0.3 is 16.2 Å². The van der Waals surface area contributed by atoms with Gasteiger partial charge in [0.15, 0.2) is 0 Å². The van der Waals surface area contributed by atoms with Gasteiger partial charge in [0.25, 0.3) is 0 Å². The highest BCUT2D eigenvalue weighted by molar-refractivity contribution is 5.32. The van der Waals surface area contributed by atoms with E-state index in [-0.39, 0.29) is 17.9 Å². The second kappa shape index (κ2) is 4.34. The van der Waals surface area contributed by atoms with Crippen LogP contribution in [0.1, 0.15) is 11.6 Å². The molecular weight excluding hydrogens is 190 g/mol. The molecule has 1 aromatic rings. The quantitative estimate of drug-likeness (QED) is 0.766. The Labute approximate surface area is 80.7 Å². The molecule has 0 spiro atoms. The number of halogens is 2. The third-order valence-electron chi connectivity index (χ3n) is 1.91. The average molecular weight is 202 g/mol. The van der Waals surface area contributed by atoms with Gasteiger partial charge in [-0.15, -0.1) is 0 Å². The van der Waals surface area contributed by atoms with Gasteiger partial charge in [0.2, 0.25) is 0 Å². The molecule has 0 fully saturated rings. The van der Waals surface area contributed by atoms with Gasteiger partial charge in [-0.1, -0.05) is 0 Å². The van der Waals surface area contributed by atoms with Crippen molar-refractivity contribution < 1.29 is 13.5 Å². The van der Waals surface area contributed by atoms with Crippen LogP contribution in [0, 0.1) is 11.6 Å². The maximum Gasteiger partial charge on any atom is 0.134 e. The number of ether oxygens (including phenoxy) is 1. The highest BCUT2D eigenvalue weighted by Crippen LogP contribution is 2.23. The summed E-state index contributed by atoms with van der Waals surface area (Å²) in [7, 11) is 1.33. The Hall–Kier alpha value is -1.20. The molecule has 3 nitrogen and oxygen atoms in total. The van der Waals surface area contributed by atoms with Gasteiger partial charge in [0.1, 0.15) is 17.4 Å². The summed E-state index contributed by atoms with van der Waals surface area (Å²) in [6.45, 7) is -0.0137. The molecule has 0 aromatic heterocycles. The number of nitrogens with two attached hydrogens (primary N) is 2. The Morgan fingerprint density at radius 3 is 2.21 bits per heavy atom. The van der Waals surface area contributed by atoms with Crippen LogP contribution in [0.3, 0.4) is 0 Å². The fourth-order valence-corrected chi connectivity index (χ4v) is 1.15. The summed E-state index contributed by atoms with van der Waals surface area (Å²) < 4.78 is 31.3. The van der Waals surface area contributed by atoms with E-state index in [1.165, 1.54) is 7.11 Å². The highest BCUT2D eigenvalue weighted by Gasteiger charge is 2.16. The Balaban J connectivity index is 3.18. The third kappa shape index (κ3) is 2.00. The van der Waals surface area contributed by atoms with Crippen molar-refractivity contribution in [2.45, 2.75) is 6.04 Å². The number of rotatable bonds is 3. The number of hydrogen-bond acceptors (Lipinski definition) is 3. The van der Waals surface area contributed by atoms with E-state index in [1.807, 2.05) is 0 Å². The van der Waals surface area contributed by atoms with Crippen molar-refractivity contribution >= 4 is 0 Å². The first-order chi connectivity index (χ1) is 6.60. The molecule has 0 saturated carbocycles. The third-order valence-corrected chi connectivity index (χ3v) is 1.91. The van der Waals surface area contributed by atoms with Gasteiger partial charge in [-0.05, 0) is 0 Å². The average Bonchev–Trinajstić information content (AvgIpc) is 2.16. The summed E-state index contributed by atoms with van der Waals surface area (Å²) in [5, 5.41) is 0. The maximum absolute atomic E-state index is 13.3. The van der Waals surface area contributed by atoms with Crippen molar-refractivity contribution in [2.24, 2.45) is 11.5 Å². The molecule has 1 unspecified atom stereocenters. The molecule has 0 amide bonds.